The van der Waals surface area contributed by atoms with E-state index in [9.17, 15) is 41.1 Å². The van der Waals surface area contributed by atoms with Crippen molar-refractivity contribution in [3.05, 3.63) is 97.9 Å². The lowest BCUT2D eigenvalue weighted by molar-refractivity contribution is -0.165. The summed E-state index contributed by atoms with van der Waals surface area (Å²) in [6.45, 7) is 0.416. The molecule has 0 fully saturated rings. The third-order valence-electron chi connectivity index (χ3n) is 6.84. The van der Waals surface area contributed by atoms with E-state index in [4.69, 9.17) is 51.1 Å². The first-order chi connectivity index (χ1) is 22.8. The van der Waals surface area contributed by atoms with Gasteiger partial charge in [-0.2, -0.15) is 22.0 Å². The lowest BCUT2D eigenvalue weighted by atomic mass is 9.94. The molecule has 49 heavy (non-hydrogen) atoms. The monoisotopic (exact) mass is 769 g/mol. The third-order valence-corrected chi connectivity index (χ3v) is 8.08. The van der Waals surface area contributed by atoms with Gasteiger partial charge in [-0.15, -0.1) is 0 Å². The first kappa shape index (κ1) is 39.8. The molecule has 0 saturated carbocycles. The molecule has 0 aliphatic heterocycles. The van der Waals surface area contributed by atoms with Crippen LogP contribution < -0.4 is 20.7 Å². The maximum absolute atomic E-state index is 14.8. The number of hydrogen-bond donors (Lipinski definition) is 3. The fourth-order valence-corrected chi connectivity index (χ4v) is 4.89. The van der Waals surface area contributed by atoms with Crippen LogP contribution in [0.15, 0.2) is 66.7 Å². The molecule has 0 aromatic heterocycles. The van der Waals surface area contributed by atoms with Crippen molar-refractivity contribution in [2.75, 3.05) is 6.54 Å². The van der Waals surface area contributed by atoms with Gasteiger partial charge in [-0.3, -0.25) is 19.2 Å². The van der Waals surface area contributed by atoms with Gasteiger partial charge in [0.1, 0.15) is 24.4 Å². The lowest BCUT2D eigenvalue weighted by Crippen LogP contribution is -2.58. The number of alkyl halides is 5. The molecule has 0 saturated heterocycles. The molecule has 3 amide bonds. The zero-order chi connectivity index (χ0) is 36.7. The second-order valence-electron chi connectivity index (χ2n) is 11.0. The predicted octanol–water partition coefficient (Wildman–Crippen LogP) is 7.69. The summed E-state index contributed by atoms with van der Waals surface area (Å²) in [6.07, 6.45) is -6.46. The molecule has 0 bridgehead atoms. The molecule has 8 nitrogen and oxygen atoms in total. The van der Waals surface area contributed by atoms with Gasteiger partial charge in [-0.05, 0) is 65.6 Å². The van der Waals surface area contributed by atoms with Gasteiger partial charge in [0, 0.05) is 10.0 Å². The second-order valence-corrected chi connectivity index (χ2v) is 12.6. The first-order valence-corrected chi connectivity index (χ1v) is 15.8. The minimum absolute atomic E-state index is 0.115. The maximum atomic E-state index is 14.8. The third kappa shape index (κ3) is 11.4. The number of Topliss-reactive ketones (excluding diaryl/α,β-unsaturated/α-hetero) is 1. The Bertz CT molecular complexity index is 1660. The van der Waals surface area contributed by atoms with Crippen molar-refractivity contribution in [1.82, 2.24) is 16.0 Å². The van der Waals surface area contributed by atoms with E-state index in [-0.39, 0.29) is 20.6 Å². The van der Waals surface area contributed by atoms with Gasteiger partial charge in [0.2, 0.25) is 17.6 Å². The Hall–Kier alpha value is -3.65. The van der Waals surface area contributed by atoms with Crippen LogP contribution in [0.2, 0.25) is 20.1 Å². The van der Waals surface area contributed by atoms with E-state index < -0.39 is 72.7 Å². The Morgan fingerprint density at radius 3 is 1.84 bits per heavy atom. The number of ketones is 1. The summed E-state index contributed by atoms with van der Waals surface area (Å²) in [4.78, 5) is 51.9. The van der Waals surface area contributed by atoms with Crippen LogP contribution >= 0.6 is 46.4 Å². The van der Waals surface area contributed by atoms with Crippen LogP contribution in [0.4, 0.5) is 22.0 Å². The molecule has 3 atom stereocenters. The van der Waals surface area contributed by atoms with Gasteiger partial charge in [0.05, 0.1) is 22.5 Å². The molecule has 3 rings (SSSR count). The smallest absolute Gasteiger partial charge is 0.405 e. The molecule has 3 aromatic rings. The van der Waals surface area contributed by atoms with Crippen LogP contribution in [-0.2, 0) is 19.2 Å². The van der Waals surface area contributed by atoms with Crippen LogP contribution in [0, 0.1) is 5.92 Å². The Kier molecular flexibility index (Phi) is 13.7. The van der Waals surface area contributed by atoms with Gasteiger partial charge in [0.25, 0.3) is 5.91 Å². The molecule has 0 aliphatic carbocycles. The van der Waals surface area contributed by atoms with Crippen LogP contribution in [0.1, 0.15) is 43.5 Å². The van der Waals surface area contributed by atoms with E-state index >= 15 is 0 Å². The average molecular weight is 771 g/mol. The molecule has 3 N–H and O–H groups in total. The summed E-state index contributed by atoms with van der Waals surface area (Å²) in [5, 5.41) is 6.67. The van der Waals surface area contributed by atoms with Gasteiger partial charge in [-0.25, -0.2) is 0 Å². The maximum Gasteiger partial charge on any atom is 0.405 e. The molecular weight excluding hydrogens is 743 g/mol. The van der Waals surface area contributed by atoms with Crippen molar-refractivity contribution in [1.29, 1.82) is 0 Å². The van der Waals surface area contributed by atoms with Crippen molar-refractivity contribution in [2.45, 2.75) is 50.6 Å². The summed E-state index contributed by atoms with van der Waals surface area (Å²) in [5.74, 6) is -12.3. The van der Waals surface area contributed by atoms with E-state index in [0.717, 1.165) is 5.32 Å². The zero-order valence-electron chi connectivity index (χ0n) is 25.5. The van der Waals surface area contributed by atoms with Crippen molar-refractivity contribution in [2.24, 2.45) is 5.92 Å². The Balaban J connectivity index is 1.90. The zero-order valence-corrected chi connectivity index (χ0v) is 28.5. The van der Waals surface area contributed by atoms with Crippen LogP contribution in [0.3, 0.4) is 0 Å². The Morgan fingerprint density at radius 2 is 1.31 bits per heavy atom. The van der Waals surface area contributed by atoms with Crippen LogP contribution in [0.25, 0.3) is 0 Å². The molecule has 3 aromatic carbocycles. The van der Waals surface area contributed by atoms with Crippen LogP contribution in [0.5, 0.6) is 5.75 Å². The number of hydrogen-bond acceptors (Lipinski definition) is 5. The van der Waals surface area contributed by atoms with Crippen molar-refractivity contribution in [3.63, 3.8) is 0 Å². The standard InChI is InChI=1S/C32H28Cl4F5N3O5/c1-16(2)26(28(46)32(40,41)30(48)42-15-31(37,38)39)44-29(47)27(17-3-6-19(33)7-4-17)43-25(45)14-24(18-5-12-22(35)23(36)13-18)49-21-10-8-20(34)9-11-21/h3-13,16,24,26-27H,14-15H2,1-2H3,(H,42,48)(H,43,45)(H,44,47). The van der Waals surface area contributed by atoms with Gasteiger partial charge in [-0.1, -0.05) is 78.5 Å². The molecular formula is C32H28Cl4F5N3O5. The largest absolute Gasteiger partial charge is 0.485 e. The fraction of sp³-hybridized carbons (Fsp3) is 0.312. The number of carbonyl (C=O) groups is 4. The normalized spacial score (nSPS) is 13.6. The molecule has 0 spiro atoms. The summed E-state index contributed by atoms with van der Waals surface area (Å²) in [5.41, 5.74) is 0.535. The van der Waals surface area contributed by atoms with E-state index in [1.807, 2.05) is 0 Å². The van der Waals surface area contributed by atoms with Gasteiger partial charge >= 0.3 is 12.1 Å². The lowest BCUT2D eigenvalue weighted by Gasteiger charge is -2.28. The highest BCUT2D eigenvalue weighted by molar-refractivity contribution is 6.42. The summed E-state index contributed by atoms with van der Waals surface area (Å²) in [7, 11) is 0. The number of rotatable bonds is 14. The van der Waals surface area contributed by atoms with Crippen LogP contribution in [-0.4, -0.2) is 48.2 Å². The highest BCUT2D eigenvalue weighted by Gasteiger charge is 2.52. The summed E-state index contributed by atoms with van der Waals surface area (Å²) < 4.78 is 73.1. The van der Waals surface area contributed by atoms with Gasteiger partial charge < -0.3 is 20.7 Å². The molecule has 0 aliphatic rings. The first-order valence-electron chi connectivity index (χ1n) is 14.3. The van der Waals surface area contributed by atoms with E-state index in [1.165, 1.54) is 50.2 Å². The van der Waals surface area contributed by atoms with E-state index in [2.05, 4.69) is 10.6 Å². The number of ether oxygens (including phenoxy) is 1. The molecule has 0 radical (unpaired) electrons. The molecule has 264 valence electrons. The summed E-state index contributed by atoms with van der Waals surface area (Å²) >= 11 is 24.2. The van der Waals surface area contributed by atoms with Crippen molar-refractivity contribution < 1.29 is 45.9 Å². The molecule has 17 heteroatoms. The number of nitrogens with one attached hydrogen (secondary N) is 3. The average Bonchev–Trinajstić information content (AvgIpc) is 3.02. The minimum Gasteiger partial charge on any atom is -0.485 e. The number of carbonyl (C=O) groups excluding carboxylic acids is 4. The second kappa shape index (κ2) is 16.8. The number of benzene rings is 3. The van der Waals surface area contributed by atoms with Crippen molar-refractivity contribution >= 4 is 69.9 Å². The topological polar surface area (TPSA) is 114 Å². The quantitative estimate of drug-likeness (QED) is 0.115. The van der Waals surface area contributed by atoms with Crippen molar-refractivity contribution in [3.8, 4) is 5.75 Å². The Labute approximate surface area is 297 Å². The Morgan fingerprint density at radius 1 is 0.755 bits per heavy atom. The molecule has 3 unspecified atom stereocenters. The van der Waals surface area contributed by atoms with E-state index in [1.54, 1.807) is 30.3 Å². The summed E-state index contributed by atoms with van der Waals surface area (Å²) in [6, 6.07) is 12.6. The minimum atomic E-state index is -5.02. The number of amides is 3. The highest BCUT2D eigenvalue weighted by atomic mass is 35.5. The highest BCUT2D eigenvalue weighted by Crippen LogP contribution is 2.31. The fourth-order valence-electron chi connectivity index (χ4n) is 4.33. The number of halogens is 9. The predicted molar refractivity (Wildman–Crippen MR) is 174 cm³/mol. The SMILES string of the molecule is CC(C)C(NC(=O)C(NC(=O)CC(Oc1ccc(Cl)cc1)c1ccc(Cl)c(Cl)c1)c1ccc(Cl)cc1)C(=O)C(F)(F)C(=O)NCC(F)(F)F. The van der Waals surface area contributed by atoms with E-state index in [0.29, 0.717) is 16.3 Å². The molecule has 0 heterocycles. The van der Waals surface area contributed by atoms with Gasteiger partial charge in [0.15, 0.2) is 0 Å².